The molecule has 2 aromatic rings. The van der Waals surface area contributed by atoms with Crippen molar-refractivity contribution in [2.75, 3.05) is 7.11 Å². The summed E-state index contributed by atoms with van der Waals surface area (Å²) < 4.78 is 15.0. The van der Waals surface area contributed by atoms with Crippen molar-refractivity contribution < 1.29 is 23.9 Å². The molecule has 0 radical (unpaired) electrons. The van der Waals surface area contributed by atoms with Crippen LogP contribution in [0.5, 0.6) is 11.5 Å². The number of nitrogens with zero attached hydrogens (tertiary/aromatic N) is 2. The van der Waals surface area contributed by atoms with Crippen molar-refractivity contribution in [2.24, 2.45) is 0 Å². The molecule has 0 fully saturated rings. The Morgan fingerprint density at radius 1 is 1.50 bits per heavy atom. The van der Waals surface area contributed by atoms with E-state index in [1.165, 1.54) is 25.6 Å². The molecular weight excluding hydrogens is 240 g/mol. The van der Waals surface area contributed by atoms with Crippen LogP contribution in [0.25, 0.3) is 0 Å². The molecule has 0 aliphatic heterocycles. The smallest absolute Gasteiger partial charge is 0.339 e. The maximum absolute atomic E-state index is 11.1. The number of aromatic carboxylic acids is 1. The third-order valence-electron chi connectivity index (χ3n) is 2.18. The highest BCUT2D eigenvalue weighted by molar-refractivity contribution is 5.91. The van der Waals surface area contributed by atoms with E-state index in [1.807, 2.05) is 0 Å². The monoisotopic (exact) mass is 250 g/mol. The first-order valence-corrected chi connectivity index (χ1v) is 5.00. The van der Waals surface area contributed by atoms with E-state index in [2.05, 4.69) is 10.1 Å². The number of carbonyl (C=O) groups is 1. The van der Waals surface area contributed by atoms with Crippen LogP contribution in [-0.4, -0.2) is 28.3 Å². The summed E-state index contributed by atoms with van der Waals surface area (Å²) in [5, 5.41) is 12.5. The zero-order chi connectivity index (χ0) is 13.0. The summed E-state index contributed by atoms with van der Waals surface area (Å²) in [5.74, 6) is -0.185. The topological polar surface area (TPSA) is 94.7 Å². The van der Waals surface area contributed by atoms with Crippen molar-refractivity contribution in [1.29, 1.82) is 0 Å². The quantitative estimate of drug-likeness (QED) is 0.855. The van der Waals surface area contributed by atoms with E-state index in [4.69, 9.17) is 19.1 Å². The van der Waals surface area contributed by atoms with Gasteiger partial charge in [-0.2, -0.15) is 4.98 Å². The Kier molecular flexibility index (Phi) is 3.42. The van der Waals surface area contributed by atoms with E-state index < -0.39 is 5.97 Å². The van der Waals surface area contributed by atoms with Crippen LogP contribution in [0.4, 0.5) is 0 Å². The molecule has 1 aromatic heterocycles. The van der Waals surface area contributed by atoms with Gasteiger partial charge in [-0.05, 0) is 18.2 Å². The van der Waals surface area contributed by atoms with Gasteiger partial charge in [0.05, 0.1) is 7.11 Å². The Labute approximate surface area is 102 Å². The first kappa shape index (κ1) is 11.9. The lowest BCUT2D eigenvalue weighted by atomic mass is 10.2. The standard InChI is InChI=1S/C11H10N2O5/c1-16-7-2-3-9(8(4-7)11(14)15)17-5-10-12-6-13-18-10/h2-4,6H,5H2,1H3,(H,14,15). The number of hydrogen-bond donors (Lipinski definition) is 1. The van der Waals surface area contributed by atoms with Gasteiger partial charge in [-0.1, -0.05) is 5.16 Å². The predicted octanol–water partition coefficient (Wildman–Crippen LogP) is 1.36. The predicted molar refractivity (Wildman–Crippen MR) is 58.6 cm³/mol. The van der Waals surface area contributed by atoms with Crippen molar-refractivity contribution in [1.82, 2.24) is 10.1 Å². The Balaban J connectivity index is 2.18. The van der Waals surface area contributed by atoms with Crippen LogP contribution in [-0.2, 0) is 6.61 Å². The summed E-state index contributed by atoms with van der Waals surface area (Å²) in [6.45, 7) is 0.00656. The number of methoxy groups -OCH3 is 1. The third kappa shape index (κ3) is 2.57. The fourth-order valence-corrected chi connectivity index (χ4v) is 1.33. The Morgan fingerprint density at radius 2 is 2.33 bits per heavy atom. The first-order valence-electron chi connectivity index (χ1n) is 5.00. The Bertz CT molecular complexity index is 538. The highest BCUT2D eigenvalue weighted by Gasteiger charge is 2.13. The minimum atomic E-state index is -1.10. The molecule has 0 atom stereocenters. The van der Waals surface area contributed by atoms with Gasteiger partial charge in [0.25, 0.3) is 5.89 Å². The number of rotatable bonds is 5. The van der Waals surface area contributed by atoms with Crippen LogP contribution in [0.2, 0.25) is 0 Å². The number of carboxylic acids is 1. The zero-order valence-corrected chi connectivity index (χ0v) is 9.49. The molecule has 0 spiro atoms. The summed E-state index contributed by atoms with van der Waals surface area (Å²) in [4.78, 5) is 14.8. The maximum atomic E-state index is 11.1. The molecule has 94 valence electrons. The number of benzene rings is 1. The van der Waals surface area contributed by atoms with E-state index in [9.17, 15) is 4.79 Å². The van der Waals surface area contributed by atoms with Crippen LogP contribution >= 0.6 is 0 Å². The van der Waals surface area contributed by atoms with Crippen LogP contribution in [0, 0.1) is 0 Å². The molecule has 1 heterocycles. The number of aromatic nitrogens is 2. The van der Waals surface area contributed by atoms with Gasteiger partial charge in [-0.15, -0.1) is 0 Å². The van der Waals surface area contributed by atoms with Crippen LogP contribution in [0.1, 0.15) is 16.2 Å². The van der Waals surface area contributed by atoms with Gasteiger partial charge < -0.3 is 19.1 Å². The Morgan fingerprint density at radius 3 is 2.94 bits per heavy atom. The highest BCUT2D eigenvalue weighted by atomic mass is 16.5. The lowest BCUT2D eigenvalue weighted by Crippen LogP contribution is -2.04. The molecule has 0 unspecified atom stereocenters. The average molecular weight is 250 g/mol. The van der Waals surface area contributed by atoms with Crippen molar-refractivity contribution in [2.45, 2.75) is 6.61 Å². The molecule has 0 amide bonds. The largest absolute Gasteiger partial charge is 0.497 e. The van der Waals surface area contributed by atoms with Gasteiger partial charge in [0.1, 0.15) is 17.1 Å². The summed E-state index contributed by atoms with van der Waals surface area (Å²) in [5.41, 5.74) is 0.00821. The number of hydrogen-bond acceptors (Lipinski definition) is 6. The molecule has 1 N–H and O–H groups in total. The summed E-state index contributed by atoms with van der Waals surface area (Å²) in [7, 11) is 1.46. The van der Waals surface area contributed by atoms with Crippen LogP contribution in [0.15, 0.2) is 29.0 Å². The van der Waals surface area contributed by atoms with Gasteiger partial charge in [0.15, 0.2) is 12.9 Å². The van der Waals surface area contributed by atoms with Crippen LogP contribution < -0.4 is 9.47 Å². The second kappa shape index (κ2) is 5.17. The van der Waals surface area contributed by atoms with Crippen molar-refractivity contribution in [3.05, 3.63) is 36.0 Å². The second-order valence-electron chi connectivity index (χ2n) is 3.29. The highest BCUT2D eigenvalue weighted by Crippen LogP contribution is 2.24. The van der Waals surface area contributed by atoms with Gasteiger partial charge >= 0.3 is 5.97 Å². The van der Waals surface area contributed by atoms with Gasteiger partial charge in [-0.25, -0.2) is 4.79 Å². The molecule has 0 saturated carbocycles. The number of carboxylic acid groups (broad SMARTS) is 1. The lowest BCUT2D eigenvalue weighted by Gasteiger charge is -2.08. The van der Waals surface area contributed by atoms with E-state index in [-0.39, 0.29) is 23.8 Å². The minimum Gasteiger partial charge on any atom is -0.497 e. The lowest BCUT2D eigenvalue weighted by molar-refractivity contribution is 0.0690. The van der Waals surface area contributed by atoms with E-state index in [0.29, 0.717) is 5.75 Å². The maximum Gasteiger partial charge on any atom is 0.339 e. The molecule has 0 aliphatic carbocycles. The molecular formula is C11H10N2O5. The van der Waals surface area contributed by atoms with E-state index >= 15 is 0 Å². The van der Waals surface area contributed by atoms with E-state index in [1.54, 1.807) is 6.07 Å². The summed E-state index contributed by atoms with van der Waals surface area (Å²) >= 11 is 0. The molecule has 0 aliphatic rings. The fraction of sp³-hybridized carbons (Fsp3) is 0.182. The van der Waals surface area contributed by atoms with Gasteiger partial charge in [0.2, 0.25) is 0 Å². The molecule has 7 heteroatoms. The molecule has 0 saturated heterocycles. The van der Waals surface area contributed by atoms with Gasteiger partial charge in [0, 0.05) is 0 Å². The SMILES string of the molecule is COc1ccc(OCc2ncno2)c(C(=O)O)c1. The second-order valence-corrected chi connectivity index (χ2v) is 3.29. The molecule has 18 heavy (non-hydrogen) atoms. The minimum absolute atomic E-state index is 0.00656. The third-order valence-corrected chi connectivity index (χ3v) is 2.18. The molecule has 2 rings (SSSR count). The molecule has 7 nitrogen and oxygen atoms in total. The van der Waals surface area contributed by atoms with Crippen molar-refractivity contribution in [3.63, 3.8) is 0 Å². The van der Waals surface area contributed by atoms with Gasteiger partial charge in [-0.3, -0.25) is 0 Å². The average Bonchev–Trinajstić information content (AvgIpc) is 2.89. The molecule has 1 aromatic carbocycles. The van der Waals surface area contributed by atoms with Crippen molar-refractivity contribution >= 4 is 5.97 Å². The van der Waals surface area contributed by atoms with E-state index in [0.717, 1.165) is 0 Å². The normalized spacial score (nSPS) is 10.1. The first-order chi connectivity index (χ1) is 8.70. The zero-order valence-electron chi connectivity index (χ0n) is 9.49. The summed E-state index contributed by atoms with van der Waals surface area (Å²) in [6, 6.07) is 4.50. The summed E-state index contributed by atoms with van der Waals surface area (Å²) in [6.07, 6.45) is 1.24. The fourth-order valence-electron chi connectivity index (χ4n) is 1.33. The van der Waals surface area contributed by atoms with Crippen LogP contribution in [0.3, 0.4) is 0 Å². The molecule has 0 bridgehead atoms. The number of ether oxygens (including phenoxy) is 2. The Hall–Kier alpha value is -2.57. The van der Waals surface area contributed by atoms with Crippen molar-refractivity contribution in [3.8, 4) is 11.5 Å².